The first kappa shape index (κ1) is 19.7. The standard InChI is InChI=1S/C25H32N2O3.H2/c28-25(30-16-15-29-17-18-7-2-1-3-8-18)27(19-13-14-19)24-20-9-4-5-11-22(20)26-23-12-6-10-21(23)24;/h2,4-5,7-9,11,19,21,23-24,26H,1,3,6,10,12-17H2;1H. The molecule has 0 aromatic heterocycles. The van der Waals surface area contributed by atoms with E-state index in [9.17, 15) is 4.79 Å². The van der Waals surface area contributed by atoms with Crippen molar-refractivity contribution < 1.29 is 15.7 Å². The Hall–Kier alpha value is -2.27. The summed E-state index contributed by atoms with van der Waals surface area (Å²) in [5, 5.41) is 3.72. The Morgan fingerprint density at radius 1 is 1.13 bits per heavy atom. The van der Waals surface area contributed by atoms with Crippen molar-refractivity contribution in [3.63, 3.8) is 0 Å². The molecule has 1 aliphatic heterocycles. The number of allylic oxidation sites excluding steroid dienone is 2. The van der Waals surface area contributed by atoms with Gasteiger partial charge in [0, 0.05) is 25.1 Å². The number of nitrogens with one attached hydrogen (secondary N) is 1. The predicted octanol–water partition coefficient (Wildman–Crippen LogP) is 5.46. The normalized spacial score (nSPS) is 26.9. The summed E-state index contributed by atoms with van der Waals surface area (Å²) in [6.45, 7) is 1.33. The monoisotopic (exact) mass is 410 g/mol. The highest BCUT2D eigenvalue weighted by Gasteiger charge is 2.48. The van der Waals surface area contributed by atoms with Gasteiger partial charge in [0.25, 0.3) is 0 Å². The van der Waals surface area contributed by atoms with Gasteiger partial charge in [0.05, 0.1) is 19.3 Å². The molecule has 1 amide bonds. The molecule has 5 heteroatoms. The number of hydrogen-bond acceptors (Lipinski definition) is 4. The fourth-order valence-electron chi connectivity index (χ4n) is 5.29. The van der Waals surface area contributed by atoms with Crippen LogP contribution in [0.4, 0.5) is 10.5 Å². The van der Waals surface area contributed by atoms with Crippen LogP contribution >= 0.6 is 0 Å². The SMILES string of the molecule is O=C(OCCOCC1=CCCC=C1)N(C1CC1)C1c2ccccc2NC2CCCC21.[HH]. The minimum Gasteiger partial charge on any atom is -0.447 e. The van der Waals surface area contributed by atoms with Gasteiger partial charge in [0.15, 0.2) is 0 Å². The Kier molecular flexibility index (Phi) is 5.80. The molecule has 0 radical (unpaired) electrons. The highest BCUT2D eigenvalue weighted by molar-refractivity contribution is 5.71. The Morgan fingerprint density at radius 2 is 2.03 bits per heavy atom. The van der Waals surface area contributed by atoms with Crippen LogP contribution in [0.1, 0.15) is 58.0 Å². The van der Waals surface area contributed by atoms with E-state index >= 15 is 0 Å². The molecule has 1 heterocycles. The predicted molar refractivity (Wildman–Crippen MR) is 120 cm³/mol. The van der Waals surface area contributed by atoms with Crippen molar-refractivity contribution in [3.8, 4) is 0 Å². The third kappa shape index (κ3) is 4.13. The van der Waals surface area contributed by atoms with Crippen LogP contribution in [0.2, 0.25) is 0 Å². The number of rotatable bonds is 7. The van der Waals surface area contributed by atoms with Crippen LogP contribution in [-0.2, 0) is 9.47 Å². The van der Waals surface area contributed by atoms with E-state index < -0.39 is 0 Å². The number of fused-ring (bicyclic) bond motifs is 2. The van der Waals surface area contributed by atoms with Crippen LogP contribution in [0.5, 0.6) is 0 Å². The van der Waals surface area contributed by atoms with Crippen molar-refractivity contribution in [1.29, 1.82) is 0 Å². The number of benzene rings is 1. The van der Waals surface area contributed by atoms with Gasteiger partial charge >= 0.3 is 6.09 Å². The van der Waals surface area contributed by atoms with E-state index in [0.29, 0.717) is 37.8 Å². The molecule has 30 heavy (non-hydrogen) atoms. The first-order valence-corrected chi connectivity index (χ1v) is 11.5. The number of para-hydroxylation sites is 1. The highest BCUT2D eigenvalue weighted by atomic mass is 16.6. The Balaban J connectivity index is 0.00000231. The molecule has 0 saturated heterocycles. The van der Waals surface area contributed by atoms with Gasteiger partial charge in [-0.3, -0.25) is 4.90 Å². The fraction of sp³-hybridized carbons (Fsp3) is 0.560. The van der Waals surface area contributed by atoms with E-state index in [1.807, 2.05) is 0 Å². The summed E-state index contributed by atoms with van der Waals surface area (Å²) in [6, 6.07) is 9.38. The lowest BCUT2D eigenvalue weighted by molar-refractivity contribution is 0.0407. The smallest absolute Gasteiger partial charge is 0.410 e. The average Bonchev–Trinajstić information content (AvgIpc) is 3.50. The van der Waals surface area contributed by atoms with Gasteiger partial charge in [0.2, 0.25) is 0 Å². The number of carbonyl (C=O) groups is 1. The van der Waals surface area contributed by atoms with E-state index in [0.717, 1.165) is 25.7 Å². The van der Waals surface area contributed by atoms with Gasteiger partial charge in [-0.1, -0.05) is 42.8 Å². The zero-order valence-corrected chi connectivity index (χ0v) is 17.6. The number of ether oxygens (including phenoxy) is 2. The molecule has 4 aliphatic rings. The van der Waals surface area contributed by atoms with Gasteiger partial charge in [0.1, 0.15) is 6.61 Å². The summed E-state index contributed by atoms with van der Waals surface area (Å²) in [5.74, 6) is 0.467. The molecule has 1 aromatic rings. The van der Waals surface area contributed by atoms with Crippen LogP contribution in [0, 0.1) is 5.92 Å². The third-order valence-electron chi connectivity index (χ3n) is 6.84. The van der Waals surface area contributed by atoms with Crippen LogP contribution in [0.25, 0.3) is 0 Å². The molecule has 2 fully saturated rings. The second kappa shape index (κ2) is 8.84. The van der Waals surface area contributed by atoms with E-state index in [4.69, 9.17) is 9.47 Å². The molecule has 5 rings (SSSR count). The third-order valence-corrected chi connectivity index (χ3v) is 6.84. The molecule has 1 aromatic carbocycles. The minimum atomic E-state index is -0.176. The Bertz CT molecular complexity index is 836. The van der Waals surface area contributed by atoms with Crippen LogP contribution in [0.15, 0.2) is 48.1 Å². The maximum atomic E-state index is 13.2. The summed E-state index contributed by atoms with van der Waals surface area (Å²) in [4.78, 5) is 15.3. The fourth-order valence-corrected chi connectivity index (χ4v) is 5.29. The second-order valence-electron chi connectivity index (χ2n) is 8.94. The molecule has 3 unspecified atom stereocenters. The Labute approximate surface area is 180 Å². The quantitative estimate of drug-likeness (QED) is 0.606. The van der Waals surface area contributed by atoms with Crippen molar-refractivity contribution >= 4 is 11.8 Å². The zero-order valence-electron chi connectivity index (χ0n) is 17.6. The number of carbonyl (C=O) groups excluding carboxylic acids is 1. The first-order chi connectivity index (χ1) is 14.8. The molecule has 5 nitrogen and oxygen atoms in total. The van der Waals surface area contributed by atoms with Gasteiger partial charge in [-0.15, -0.1) is 0 Å². The zero-order chi connectivity index (χ0) is 20.3. The summed E-state index contributed by atoms with van der Waals surface area (Å²) in [5.41, 5.74) is 3.64. The van der Waals surface area contributed by atoms with Gasteiger partial charge < -0.3 is 14.8 Å². The van der Waals surface area contributed by atoms with Gasteiger partial charge in [-0.2, -0.15) is 0 Å². The molecule has 3 atom stereocenters. The molecule has 0 spiro atoms. The van der Waals surface area contributed by atoms with E-state index in [1.54, 1.807) is 0 Å². The largest absolute Gasteiger partial charge is 0.447 e. The topological polar surface area (TPSA) is 50.8 Å². The van der Waals surface area contributed by atoms with Crippen molar-refractivity contribution in [3.05, 3.63) is 53.6 Å². The van der Waals surface area contributed by atoms with Crippen molar-refractivity contribution in [2.75, 3.05) is 25.1 Å². The van der Waals surface area contributed by atoms with E-state index in [-0.39, 0.29) is 13.6 Å². The summed E-state index contributed by atoms with van der Waals surface area (Å²) in [7, 11) is 0. The summed E-state index contributed by atoms with van der Waals surface area (Å²) >= 11 is 0. The highest BCUT2D eigenvalue weighted by Crippen LogP contribution is 2.50. The van der Waals surface area contributed by atoms with Crippen molar-refractivity contribution in [2.24, 2.45) is 5.92 Å². The van der Waals surface area contributed by atoms with Crippen LogP contribution < -0.4 is 5.32 Å². The summed E-state index contributed by atoms with van der Waals surface area (Å²) < 4.78 is 11.4. The number of hydrogen-bond donors (Lipinski definition) is 1. The molecule has 2 saturated carbocycles. The molecule has 0 bridgehead atoms. The van der Waals surface area contributed by atoms with Crippen LogP contribution in [0.3, 0.4) is 0 Å². The number of nitrogens with zero attached hydrogens (tertiary/aromatic N) is 1. The maximum absolute atomic E-state index is 13.2. The van der Waals surface area contributed by atoms with Crippen molar-refractivity contribution in [1.82, 2.24) is 4.90 Å². The van der Waals surface area contributed by atoms with E-state index in [1.165, 1.54) is 36.1 Å². The van der Waals surface area contributed by atoms with Gasteiger partial charge in [-0.25, -0.2) is 4.79 Å². The Morgan fingerprint density at radius 3 is 2.87 bits per heavy atom. The van der Waals surface area contributed by atoms with Crippen molar-refractivity contribution in [2.45, 2.75) is 63.1 Å². The van der Waals surface area contributed by atoms with Crippen LogP contribution in [-0.4, -0.2) is 42.9 Å². The summed E-state index contributed by atoms with van der Waals surface area (Å²) in [6.07, 6.45) is 14.3. The minimum absolute atomic E-state index is 0. The van der Waals surface area contributed by atoms with Gasteiger partial charge in [-0.05, 0) is 55.7 Å². The molecule has 3 aliphatic carbocycles. The average molecular weight is 411 g/mol. The second-order valence-corrected chi connectivity index (χ2v) is 8.94. The lowest BCUT2D eigenvalue weighted by atomic mass is 9.83. The molecular formula is C25H34N2O3. The van der Waals surface area contributed by atoms with E-state index in [2.05, 4.69) is 52.7 Å². The lowest BCUT2D eigenvalue weighted by Gasteiger charge is -2.43. The molecule has 1 N–H and O–H groups in total. The molecule has 162 valence electrons. The maximum Gasteiger partial charge on any atom is 0.410 e. The lowest BCUT2D eigenvalue weighted by Crippen LogP contribution is -2.46. The molecular weight excluding hydrogens is 376 g/mol. The first-order valence-electron chi connectivity index (χ1n) is 11.5. The number of anilines is 1. The number of amides is 1.